The molecule has 0 fully saturated rings. The maximum atomic E-state index is 3.17. The van der Waals surface area contributed by atoms with Gasteiger partial charge in [0, 0.05) is 12.8 Å². The molecule has 0 aromatic heterocycles. The van der Waals surface area contributed by atoms with Crippen molar-refractivity contribution in [3.63, 3.8) is 0 Å². The van der Waals surface area contributed by atoms with Crippen LogP contribution in [0.1, 0.15) is 134 Å². The SMILES string of the molecule is CC(C)C/C=C\CC(C)C.CC(C)CC#CCC(C)C.CC(C)CCCCC(C)C. The smallest absolute Gasteiger partial charge is 0.0112 e. The number of unbranched alkanes of at least 4 members (excludes halogenated alkanes) is 1. The highest BCUT2D eigenvalue weighted by Crippen LogP contribution is 2.11. The van der Waals surface area contributed by atoms with E-state index in [1.807, 2.05) is 0 Å². The van der Waals surface area contributed by atoms with Crippen LogP contribution in [0.25, 0.3) is 0 Å². The predicted molar refractivity (Wildman–Crippen MR) is 143 cm³/mol. The molecular formula is C30H60. The van der Waals surface area contributed by atoms with Crippen molar-refractivity contribution >= 4 is 0 Å². The van der Waals surface area contributed by atoms with Crippen molar-refractivity contribution in [1.29, 1.82) is 0 Å². The summed E-state index contributed by atoms with van der Waals surface area (Å²) in [6, 6.07) is 0. The number of rotatable bonds is 11. The van der Waals surface area contributed by atoms with Crippen molar-refractivity contribution in [2.24, 2.45) is 35.5 Å². The molecule has 0 aromatic rings. The first kappa shape index (κ1) is 33.9. The largest absolute Gasteiger partial charge is 0.103 e. The van der Waals surface area contributed by atoms with Gasteiger partial charge >= 0.3 is 0 Å². The lowest BCUT2D eigenvalue weighted by Crippen LogP contribution is -1.90. The zero-order valence-electron chi connectivity index (χ0n) is 23.3. The molecule has 0 bridgehead atoms. The van der Waals surface area contributed by atoms with Crippen LogP contribution < -0.4 is 0 Å². The van der Waals surface area contributed by atoms with Crippen molar-refractivity contribution in [2.75, 3.05) is 0 Å². The second-order valence-electron chi connectivity index (χ2n) is 11.4. The summed E-state index contributed by atoms with van der Waals surface area (Å²) < 4.78 is 0. The zero-order valence-corrected chi connectivity index (χ0v) is 23.3. The summed E-state index contributed by atoms with van der Waals surface area (Å²) in [5.74, 6) is 11.2. The molecule has 0 saturated heterocycles. The molecule has 0 radical (unpaired) electrons. The Labute approximate surface area is 194 Å². The molecule has 0 aliphatic rings. The van der Waals surface area contributed by atoms with Gasteiger partial charge in [0.15, 0.2) is 0 Å². The quantitative estimate of drug-likeness (QED) is 0.177. The summed E-state index contributed by atoms with van der Waals surface area (Å²) in [7, 11) is 0. The molecule has 0 aliphatic heterocycles. The normalized spacial score (nSPS) is 11.1. The van der Waals surface area contributed by atoms with Gasteiger partial charge in [0.1, 0.15) is 0 Å². The second-order valence-corrected chi connectivity index (χ2v) is 11.4. The van der Waals surface area contributed by atoms with E-state index >= 15 is 0 Å². The van der Waals surface area contributed by atoms with Gasteiger partial charge in [0.25, 0.3) is 0 Å². The van der Waals surface area contributed by atoms with Gasteiger partial charge in [-0.2, -0.15) is 0 Å². The third-order valence-corrected chi connectivity index (χ3v) is 4.34. The molecule has 0 spiro atoms. The first-order valence-electron chi connectivity index (χ1n) is 13.0. The van der Waals surface area contributed by atoms with Gasteiger partial charge in [-0.1, -0.05) is 121 Å². The summed E-state index contributed by atoms with van der Waals surface area (Å²) in [4.78, 5) is 0. The van der Waals surface area contributed by atoms with Gasteiger partial charge in [-0.25, -0.2) is 0 Å². The molecule has 0 nitrogen and oxygen atoms in total. The Hall–Kier alpha value is -0.700. The summed E-state index contributed by atoms with van der Waals surface area (Å²) >= 11 is 0. The Morgan fingerprint density at radius 3 is 0.933 bits per heavy atom. The van der Waals surface area contributed by atoms with Crippen LogP contribution in [0, 0.1) is 47.3 Å². The molecule has 0 saturated carbocycles. The van der Waals surface area contributed by atoms with Gasteiger partial charge in [0.2, 0.25) is 0 Å². The number of hydrogen-bond donors (Lipinski definition) is 0. The van der Waals surface area contributed by atoms with Gasteiger partial charge in [-0.15, -0.1) is 11.8 Å². The first-order chi connectivity index (χ1) is 13.9. The molecule has 0 N–H and O–H groups in total. The molecule has 0 aromatic carbocycles. The van der Waals surface area contributed by atoms with Crippen LogP contribution in [-0.2, 0) is 0 Å². The van der Waals surface area contributed by atoms with Crippen LogP contribution >= 0.6 is 0 Å². The molecule has 0 aliphatic carbocycles. The molecule has 0 rings (SSSR count). The Morgan fingerprint density at radius 2 is 0.733 bits per heavy atom. The van der Waals surface area contributed by atoms with Crippen molar-refractivity contribution in [1.82, 2.24) is 0 Å². The Balaban J connectivity index is -0.000000364. The van der Waals surface area contributed by atoms with E-state index in [0.717, 1.165) is 48.3 Å². The minimum Gasteiger partial charge on any atom is -0.103 e. The van der Waals surface area contributed by atoms with Gasteiger partial charge in [0.05, 0.1) is 0 Å². The third-order valence-electron chi connectivity index (χ3n) is 4.34. The van der Waals surface area contributed by atoms with E-state index in [1.54, 1.807) is 0 Å². The minimum atomic E-state index is 0.722. The molecule has 0 atom stereocenters. The Kier molecular flexibility index (Phi) is 27.8. The van der Waals surface area contributed by atoms with E-state index in [0.29, 0.717) is 0 Å². The summed E-state index contributed by atoms with van der Waals surface area (Å²) in [6.07, 6.45) is 14.8. The maximum absolute atomic E-state index is 3.17. The molecule has 0 amide bonds. The van der Waals surface area contributed by atoms with E-state index in [4.69, 9.17) is 0 Å². The Bertz CT molecular complexity index is 359. The number of allylic oxidation sites excluding steroid dienone is 2. The topological polar surface area (TPSA) is 0 Å². The zero-order chi connectivity index (χ0) is 23.9. The fourth-order valence-electron chi connectivity index (χ4n) is 2.39. The van der Waals surface area contributed by atoms with Crippen LogP contribution in [0.5, 0.6) is 0 Å². The van der Waals surface area contributed by atoms with Crippen LogP contribution in [0.15, 0.2) is 12.2 Å². The minimum absolute atomic E-state index is 0.722. The van der Waals surface area contributed by atoms with Crippen molar-refractivity contribution in [3.8, 4) is 11.8 Å². The molecule has 0 heterocycles. The van der Waals surface area contributed by atoms with E-state index in [-0.39, 0.29) is 0 Å². The summed E-state index contributed by atoms with van der Waals surface area (Å²) in [5, 5.41) is 0. The fraction of sp³-hybridized carbons (Fsp3) is 0.867. The van der Waals surface area contributed by atoms with E-state index in [2.05, 4.69) is 107 Å². The van der Waals surface area contributed by atoms with E-state index in [9.17, 15) is 0 Å². The van der Waals surface area contributed by atoms with Crippen LogP contribution in [0.4, 0.5) is 0 Å². The van der Waals surface area contributed by atoms with Crippen molar-refractivity contribution in [2.45, 2.75) is 134 Å². The second kappa shape index (κ2) is 24.6. The van der Waals surface area contributed by atoms with Crippen LogP contribution in [0.3, 0.4) is 0 Å². The van der Waals surface area contributed by atoms with Gasteiger partial charge < -0.3 is 0 Å². The molecule has 0 heteroatoms. The average Bonchev–Trinajstić information content (AvgIpc) is 2.60. The van der Waals surface area contributed by atoms with Crippen molar-refractivity contribution in [3.05, 3.63) is 12.2 Å². The van der Waals surface area contributed by atoms with E-state index < -0.39 is 0 Å². The lowest BCUT2D eigenvalue weighted by molar-refractivity contribution is 0.483. The highest BCUT2D eigenvalue weighted by Gasteiger charge is 1.96. The monoisotopic (exact) mass is 420 g/mol. The molecule has 180 valence electrons. The lowest BCUT2D eigenvalue weighted by Gasteiger charge is -2.05. The van der Waals surface area contributed by atoms with Gasteiger partial charge in [-0.3, -0.25) is 0 Å². The van der Waals surface area contributed by atoms with Gasteiger partial charge in [-0.05, 0) is 48.3 Å². The number of hydrogen-bond acceptors (Lipinski definition) is 0. The first-order valence-corrected chi connectivity index (χ1v) is 13.0. The predicted octanol–water partition coefficient (Wildman–Crippen LogP) is 10.6. The average molecular weight is 421 g/mol. The standard InChI is InChI=1S/C10H22.C10H20.C10H18/c3*1-9(2)7-5-6-8-10(3)4/h9-10H,5-8H2,1-4H3;5-6,9-10H,7-8H2,1-4H3;9-10H,7-8H2,1-4H3/b;6-5-;. The maximum Gasteiger partial charge on any atom is 0.0112 e. The summed E-state index contributed by atoms with van der Waals surface area (Å²) in [5.41, 5.74) is 0. The van der Waals surface area contributed by atoms with Crippen LogP contribution in [0.2, 0.25) is 0 Å². The molecule has 0 unspecified atom stereocenters. The summed E-state index contributed by atoms with van der Waals surface area (Å²) in [6.45, 7) is 27.0. The van der Waals surface area contributed by atoms with E-state index in [1.165, 1.54) is 38.5 Å². The molecule has 30 heavy (non-hydrogen) atoms. The lowest BCUT2D eigenvalue weighted by atomic mass is 10.0. The van der Waals surface area contributed by atoms with Crippen molar-refractivity contribution < 1.29 is 0 Å². The highest BCUT2D eigenvalue weighted by atomic mass is 14.0. The molecular weight excluding hydrogens is 360 g/mol. The fourth-order valence-corrected chi connectivity index (χ4v) is 2.39. The third kappa shape index (κ3) is 45.8. The van der Waals surface area contributed by atoms with Crippen LogP contribution in [-0.4, -0.2) is 0 Å². The highest BCUT2D eigenvalue weighted by molar-refractivity contribution is 4.99. The Morgan fingerprint density at radius 1 is 0.433 bits per heavy atom.